The number of amides is 1. The third-order valence-electron chi connectivity index (χ3n) is 6.16. The number of benzene rings is 3. The molecule has 0 aliphatic heterocycles. The maximum absolute atomic E-state index is 12.5. The molecule has 0 bridgehead atoms. The van der Waals surface area contributed by atoms with Crippen LogP contribution in [-0.2, 0) is 10.2 Å². The zero-order chi connectivity index (χ0) is 30.9. The Morgan fingerprint density at radius 1 is 0.929 bits per heavy atom. The van der Waals surface area contributed by atoms with Crippen molar-refractivity contribution in [3.05, 3.63) is 93.5 Å². The van der Waals surface area contributed by atoms with Gasteiger partial charge in [0.2, 0.25) is 0 Å². The Morgan fingerprint density at radius 3 is 2.19 bits per heavy atom. The van der Waals surface area contributed by atoms with Crippen LogP contribution in [0.1, 0.15) is 69.4 Å². The Labute approximate surface area is 245 Å². The van der Waals surface area contributed by atoms with Gasteiger partial charge in [-0.15, -0.1) is 0 Å². The first-order valence-corrected chi connectivity index (χ1v) is 13.6. The van der Waals surface area contributed by atoms with Crippen LogP contribution in [0, 0.1) is 15.5 Å². The average Bonchev–Trinajstić information content (AvgIpc) is 2.92. The SMILES string of the molecule is CCOc1cc(/C=N/NC(=O)COc2ccc(C(C)(C)CC(C)(C)C)cc2)ccc1OC(=O)c1ccc([N+](=O)[O-])cc1. The van der Waals surface area contributed by atoms with Gasteiger partial charge in [0, 0.05) is 12.1 Å². The molecule has 42 heavy (non-hydrogen) atoms. The second kappa shape index (κ2) is 13.8. The number of hydrogen-bond acceptors (Lipinski definition) is 8. The van der Waals surface area contributed by atoms with E-state index in [1.807, 2.05) is 24.3 Å². The zero-order valence-electron chi connectivity index (χ0n) is 24.8. The summed E-state index contributed by atoms with van der Waals surface area (Å²) in [6.45, 7) is 13.0. The molecule has 0 heterocycles. The molecule has 10 nitrogen and oxygen atoms in total. The van der Waals surface area contributed by atoms with E-state index in [-0.39, 0.29) is 34.4 Å². The minimum absolute atomic E-state index is 0.0118. The topological polar surface area (TPSA) is 129 Å². The molecule has 3 rings (SSSR count). The van der Waals surface area contributed by atoms with Gasteiger partial charge in [0.25, 0.3) is 11.6 Å². The van der Waals surface area contributed by atoms with Crippen molar-refractivity contribution in [3.8, 4) is 17.2 Å². The predicted octanol–water partition coefficient (Wildman–Crippen LogP) is 6.46. The van der Waals surface area contributed by atoms with E-state index >= 15 is 0 Å². The number of hydrazone groups is 1. The molecular formula is C32H37N3O7. The summed E-state index contributed by atoms with van der Waals surface area (Å²) < 4.78 is 16.6. The molecular weight excluding hydrogens is 538 g/mol. The number of nitro benzene ring substituents is 1. The summed E-state index contributed by atoms with van der Waals surface area (Å²) in [5.41, 5.74) is 4.45. The number of nitrogens with zero attached hydrogens (tertiary/aromatic N) is 2. The quantitative estimate of drug-likeness (QED) is 0.0863. The van der Waals surface area contributed by atoms with Crippen LogP contribution < -0.4 is 19.6 Å². The fourth-order valence-electron chi connectivity index (χ4n) is 4.63. The normalized spacial score (nSPS) is 11.7. The molecule has 10 heteroatoms. The summed E-state index contributed by atoms with van der Waals surface area (Å²) >= 11 is 0. The van der Waals surface area contributed by atoms with Crippen LogP contribution in [-0.4, -0.2) is 36.2 Å². The average molecular weight is 576 g/mol. The summed E-state index contributed by atoms with van der Waals surface area (Å²) in [5, 5.41) is 14.8. The number of carbonyl (C=O) groups is 2. The maximum Gasteiger partial charge on any atom is 0.343 e. The van der Waals surface area contributed by atoms with Crippen molar-refractivity contribution in [2.75, 3.05) is 13.2 Å². The second-order valence-corrected chi connectivity index (χ2v) is 11.6. The molecule has 0 saturated heterocycles. The van der Waals surface area contributed by atoms with Gasteiger partial charge in [-0.25, -0.2) is 10.2 Å². The van der Waals surface area contributed by atoms with Gasteiger partial charge in [0.15, 0.2) is 18.1 Å². The first kappa shape index (κ1) is 31.8. The molecule has 0 unspecified atom stereocenters. The van der Waals surface area contributed by atoms with Gasteiger partial charge in [0.1, 0.15) is 5.75 Å². The Hall–Kier alpha value is -4.73. The van der Waals surface area contributed by atoms with Crippen molar-refractivity contribution in [1.82, 2.24) is 5.43 Å². The van der Waals surface area contributed by atoms with Crippen LogP contribution in [0.4, 0.5) is 5.69 Å². The summed E-state index contributed by atoms with van der Waals surface area (Å²) in [4.78, 5) is 35.1. The van der Waals surface area contributed by atoms with Crippen LogP contribution in [0.2, 0.25) is 0 Å². The monoisotopic (exact) mass is 575 g/mol. The summed E-state index contributed by atoms with van der Waals surface area (Å²) in [5.74, 6) is -0.0717. The van der Waals surface area contributed by atoms with E-state index in [4.69, 9.17) is 14.2 Å². The van der Waals surface area contributed by atoms with Gasteiger partial charge in [-0.3, -0.25) is 14.9 Å². The van der Waals surface area contributed by atoms with Gasteiger partial charge in [-0.2, -0.15) is 5.10 Å². The molecule has 0 radical (unpaired) electrons. The summed E-state index contributed by atoms with van der Waals surface area (Å²) in [6.07, 6.45) is 2.46. The highest BCUT2D eigenvalue weighted by Gasteiger charge is 2.27. The standard InChI is InChI=1S/C32H37N3O7/c1-7-40-28-18-22(8-17-27(28)42-30(37)23-9-13-25(14-10-23)35(38)39)19-33-34-29(36)20-41-26-15-11-24(12-16-26)32(5,6)21-31(2,3)4/h8-19H,7,20-21H2,1-6H3,(H,34,36)/b33-19+. The Morgan fingerprint density at radius 2 is 1.60 bits per heavy atom. The molecule has 0 aromatic heterocycles. The highest BCUT2D eigenvalue weighted by molar-refractivity contribution is 5.92. The number of non-ortho nitro benzene ring substituents is 1. The molecule has 0 aliphatic rings. The van der Waals surface area contributed by atoms with E-state index in [1.54, 1.807) is 19.1 Å². The van der Waals surface area contributed by atoms with Crippen molar-refractivity contribution < 1.29 is 28.7 Å². The lowest BCUT2D eigenvalue weighted by molar-refractivity contribution is -0.384. The minimum atomic E-state index is -0.692. The molecule has 0 fully saturated rings. The molecule has 1 N–H and O–H groups in total. The Kier molecular flexibility index (Phi) is 10.4. The molecule has 0 saturated carbocycles. The van der Waals surface area contributed by atoms with E-state index in [1.165, 1.54) is 42.1 Å². The van der Waals surface area contributed by atoms with Crippen LogP contribution in [0.5, 0.6) is 17.2 Å². The first-order chi connectivity index (χ1) is 19.8. The zero-order valence-corrected chi connectivity index (χ0v) is 24.8. The largest absolute Gasteiger partial charge is 0.490 e. The van der Waals surface area contributed by atoms with Crippen LogP contribution in [0.25, 0.3) is 0 Å². The smallest absolute Gasteiger partial charge is 0.343 e. The van der Waals surface area contributed by atoms with E-state index < -0.39 is 16.8 Å². The first-order valence-electron chi connectivity index (χ1n) is 13.6. The van der Waals surface area contributed by atoms with Gasteiger partial charge in [-0.05, 0) is 77.8 Å². The molecule has 222 valence electrons. The van der Waals surface area contributed by atoms with E-state index in [0.717, 1.165) is 6.42 Å². The van der Waals surface area contributed by atoms with E-state index in [9.17, 15) is 19.7 Å². The van der Waals surface area contributed by atoms with E-state index in [0.29, 0.717) is 23.7 Å². The van der Waals surface area contributed by atoms with Crippen molar-refractivity contribution in [3.63, 3.8) is 0 Å². The molecule has 3 aromatic carbocycles. The maximum atomic E-state index is 12.5. The third kappa shape index (κ3) is 9.43. The minimum Gasteiger partial charge on any atom is -0.490 e. The lowest BCUT2D eigenvalue weighted by Crippen LogP contribution is -2.25. The van der Waals surface area contributed by atoms with Gasteiger partial charge < -0.3 is 14.2 Å². The molecule has 0 atom stereocenters. The van der Waals surface area contributed by atoms with E-state index in [2.05, 4.69) is 45.1 Å². The lowest BCUT2D eigenvalue weighted by atomic mass is 9.72. The van der Waals surface area contributed by atoms with Gasteiger partial charge >= 0.3 is 5.97 Å². The van der Waals surface area contributed by atoms with Crippen LogP contribution in [0.3, 0.4) is 0 Å². The molecule has 3 aromatic rings. The third-order valence-corrected chi connectivity index (χ3v) is 6.16. The number of nitrogens with one attached hydrogen (secondary N) is 1. The van der Waals surface area contributed by atoms with Crippen LogP contribution >= 0.6 is 0 Å². The fourth-order valence-corrected chi connectivity index (χ4v) is 4.63. The Balaban J connectivity index is 1.55. The highest BCUT2D eigenvalue weighted by atomic mass is 16.6. The fraction of sp³-hybridized carbons (Fsp3) is 0.344. The number of esters is 1. The number of ether oxygens (including phenoxy) is 3. The summed E-state index contributed by atoms with van der Waals surface area (Å²) in [6, 6.07) is 17.6. The number of rotatable bonds is 12. The van der Waals surface area contributed by atoms with Crippen molar-refractivity contribution in [1.29, 1.82) is 0 Å². The van der Waals surface area contributed by atoms with Crippen molar-refractivity contribution in [2.24, 2.45) is 10.5 Å². The number of hydrogen-bond donors (Lipinski definition) is 1. The van der Waals surface area contributed by atoms with Gasteiger partial charge in [-0.1, -0.05) is 46.8 Å². The number of nitro groups is 1. The molecule has 0 spiro atoms. The predicted molar refractivity (Wildman–Crippen MR) is 160 cm³/mol. The van der Waals surface area contributed by atoms with Crippen molar-refractivity contribution >= 4 is 23.8 Å². The van der Waals surface area contributed by atoms with Crippen LogP contribution in [0.15, 0.2) is 71.8 Å². The van der Waals surface area contributed by atoms with Crippen molar-refractivity contribution in [2.45, 2.75) is 53.4 Å². The Bertz CT molecular complexity index is 1420. The highest BCUT2D eigenvalue weighted by Crippen LogP contribution is 2.36. The molecule has 1 amide bonds. The lowest BCUT2D eigenvalue weighted by Gasteiger charge is -2.33. The number of carbonyl (C=O) groups excluding carboxylic acids is 2. The second-order valence-electron chi connectivity index (χ2n) is 11.6. The molecule has 0 aliphatic carbocycles. The summed E-state index contributed by atoms with van der Waals surface area (Å²) in [7, 11) is 0. The van der Waals surface area contributed by atoms with Gasteiger partial charge in [0.05, 0.1) is 23.3 Å².